The van der Waals surface area contributed by atoms with Crippen LogP contribution in [0, 0.1) is 13.8 Å². The number of anilines is 1. The minimum absolute atomic E-state index is 0.804. The number of likely N-dealkylation sites (N-methyl/N-ethyl adjacent to an activating group) is 1. The quantitative estimate of drug-likeness (QED) is 0.728. The first-order valence-electron chi connectivity index (χ1n) is 9.00. The zero-order chi connectivity index (χ0) is 18.1. The van der Waals surface area contributed by atoms with Crippen LogP contribution in [0.1, 0.15) is 11.3 Å². The van der Waals surface area contributed by atoms with Gasteiger partial charge in [-0.3, -0.25) is 0 Å². The number of hydrogen-bond donors (Lipinski definition) is 0. The van der Waals surface area contributed by atoms with Crippen LogP contribution in [0.5, 0.6) is 0 Å². The summed E-state index contributed by atoms with van der Waals surface area (Å²) in [5.74, 6) is 0.804. The number of nitrogens with zero attached hydrogens (tertiary/aromatic N) is 6. The molecule has 1 aliphatic rings. The zero-order valence-corrected chi connectivity index (χ0v) is 15.6. The van der Waals surface area contributed by atoms with Crippen LogP contribution >= 0.6 is 0 Å². The summed E-state index contributed by atoms with van der Waals surface area (Å²) in [6.07, 6.45) is 3.90. The molecule has 6 nitrogen and oxygen atoms in total. The molecule has 2 aromatic heterocycles. The molecule has 0 bridgehead atoms. The number of benzene rings is 1. The summed E-state index contributed by atoms with van der Waals surface area (Å²) < 4.78 is 1.92. The third-order valence-electron chi connectivity index (χ3n) is 4.90. The second-order valence-corrected chi connectivity index (χ2v) is 6.94. The molecular weight excluding hydrogens is 324 g/mol. The molecule has 1 aromatic carbocycles. The van der Waals surface area contributed by atoms with E-state index in [1.807, 2.05) is 23.9 Å². The fraction of sp³-hybridized carbons (Fsp3) is 0.350. The van der Waals surface area contributed by atoms with Crippen LogP contribution < -0.4 is 4.90 Å². The Hall–Kier alpha value is -2.73. The minimum Gasteiger partial charge on any atom is -0.338 e. The second kappa shape index (κ2) is 6.88. The Balaban J connectivity index is 1.63. The van der Waals surface area contributed by atoms with Gasteiger partial charge in [0, 0.05) is 44.1 Å². The van der Waals surface area contributed by atoms with Gasteiger partial charge >= 0.3 is 0 Å². The first-order chi connectivity index (χ1) is 12.6. The number of piperazine rings is 1. The van der Waals surface area contributed by atoms with E-state index in [1.54, 1.807) is 0 Å². The molecule has 4 rings (SSSR count). The highest BCUT2D eigenvalue weighted by Crippen LogP contribution is 2.24. The Morgan fingerprint density at radius 2 is 1.65 bits per heavy atom. The largest absolute Gasteiger partial charge is 0.338 e. The Labute approximate surface area is 154 Å². The van der Waals surface area contributed by atoms with E-state index in [9.17, 15) is 0 Å². The molecule has 1 saturated heterocycles. The standard InChI is InChI=1S/C20H24N6/c1-15-4-6-17(7-5-15)26-14-18(16(2)23-26)19-8-9-21-20(22-19)25-12-10-24(3)11-13-25/h4-9,14H,10-13H2,1-3H3. The van der Waals surface area contributed by atoms with E-state index in [2.05, 4.69) is 64.3 Å². The van der Waals surface area contributed by atoms with Crippen molar-refractivity contribution in [3.8, 4) is 16.9 Å². The van der Waals surface area contributed by atoms with Crippen molar-refractivity contribution in [1.82, 2.24) is 24.6 Å². The first-order valence-corrected chi connectivity index (χ1v) is 9.00. The normalized spacial score (nSPS) is 15.4. The molecule has 1 fully saturated rings. The van der Waals surface area contributed by atoms with Crippen molar-refractivity contribution in [3.05, 3.63) is 54.0 Å². The maximum atomic E-state index is 4.82. The summed E-state index contributed by atoms with van der Waals surface area (Å²) in [4.78, 5) is 13.9. The van der Waals surface area contributed by atoms with Gasteiger partial charge in [0.15, 0.2) is 0 Å². The number of rotatable bonds is 3. The van der Waals surface area contributed by atoms with Crippen molar-refractivity contribution in [3.63, 3.8) is 0 Å². The van der Waals surface area contributed by atoms with Gasteiger partial charge in [0.05, 0.1) is 17.1 Å². The summed E-state index contributed by atoms with van der Waals surface area (Å²) in [6.45, 7) is 8.11. The van der Waals surface area contributed by atoms with Gasteiger partial charge in [0.2, 0.25) is 5.95 Å². The van der Waals surface area contributed by atoms with Crippen LogP contribution in [0.25, 0.3) is 16.9 Å². The number of aromatic nitrogens is 4. The van der Waals surface area contributed by atoms with E-state index in [-0.39, 0.29) is 0 Å². The van der Waals surface area contributed by atoms with Gasteiger partial charge in [0.25, 0.3) is 0 Å². The minimum atomic E-state index is 0.804. The number of hydrogen-bond acceptors (Lipinski definition) is 5. The van der Waals surface area contributed by atoms with E-state index in [4.69, 9.17) is 4.98 Å². The monoisotopic (exact) mass is 348 g/mol. The lowest BCUT2D eigenvalue weighted by Gasteiger charge is -2.32. The molecule has 0 aliphatic carbocycles. The molecule has 0 atom stereocenters. The molecule has 0 spiro atoms. The molecule has 3 aromatic rings. The molecule has 0 unspecified atom stereocenters. The third-order valence-corrected chi connectivity index (χ3v) is 4.90. The summed E-state index contributed by atoms with van der Waals surface area (Å²) in [5, 5.41) is 4.68. The molecule has 6 heteroatoms. The van der Waals surface area contributed by atoms with Crippen LogP contribution in [-0.2, 0) is 0 Å². The van der Waals surface area contributed by atoms with Crippen molar-refractivity contribution in [1.29, 1.82) is 0 Å². The van der Waals surface area contributed by atoms with Crippen LogP contribution in [0.3, 0.4) is 0 Å². The SMILES string of the molecule is Cc1ccc(-n2cc(-c3ccnc(N4CCN(C)CC4)n3)c(C)n2)cc1. The molecular formula is C20H24N6. The average Bonchev–Trinajstić information content (AvgIpc) is 3.05. The van der Waals surface area contributed by atoms with Crippen molar-refractivity contribution < 1.29 is 0 Å². The Kier molecular flexibility index (Phi) is 4.42. The Bertz CT molecular complexity index is 891. The van der Waals surface area contributed by atoms with Crippen LogP contribution in [0.2, 0.25) is 0 Å². The molecule has 0 amide bonds. The predicted octanol–water partition coefficient (Wildman–Crippen LogP) is 2.70. The molecule has 0 N–H and O–H groups in total. The highest BCUT2D eigenvalue weighted by atomic mass is 15.3. The Morgan fingerprint density at radius 3 is 2.38 bits per heavy atom. The van der Waals surface area contributed by atoms with Gasteiger partial charge in [-0.2, -0.15) is 5.10 Å². The lowest BCUT2D eigenvalue weighted by Crippen LogP contribution is -2.45. The van der Waals surface area contributed by atoms with Crippen LogP contribution in [0.4, 0.5) is 5.95 Å². The Morgan fingerprint density at radius 1 is 0.923 bits per heavy atom. The molecule has 26 heavy (non-hydrogen) atoms. The average molecular weight is 348 g/mol. The molecule has 134 valence electrons. The van der Waals surface area contributed by atoms with E-state index in [1.165, 1.54) is 5.56 Å². The molecule has 0 radical (unpaired) electrons. The smallest absolute Gasteiger partial charge is 0.225 e. The summed E-state index contributed by atoms with van der Waals surface area (Å²) in [7, 11) is 2.15. The van der Waals surface area contributed by atoms with Gasteiger partial charge in [0.1, 0.15) is 0 Å². The van der Waals surface area contributed by atoms with Crippen LogP contribution in [0.15, 0.2) is 42.7 Å². The van der Waals surface area contributed by atoms with Gasteiger partial charge in [-0.15, -0.1) is 0 Å². The van der Waals surface area contributed by atoms with Gasteiger partial charge in [-0.25, -0.2) is 14.6 Å². The van der Waals surface area contributed by atoms with Crippen molar-refractivity contribution in [2.45, 2.75) is 13.8 Å². The highest BCUT2D eigenvalue weighted by Gasteiger charge is 2.18. The van der Waals surface area contributed by atoms with E-state index in [0.29, 0.717) is 0 Å². The van der Waals surface area contributed by atoms with Crippen molar-refractivity contribution >= 4 is 5.95 Å². The van der Waals surface area contributed by atoms with E-state index < -0.39 is 0 Å². The van der Waals surface area contributed by atoms with Crippen molar-refractivity contribution in [2.75, 3.05) is 38.1 Å². The fourth-order valence-corrected chi connectivity index (χ4v) is 3.20. The van der Waals surface area contributed by atoms with Crippen molar-refractivity contribution in [2.24, 2.45) is 0 Å². The maximum Gasteiger partial charge on any atom is 0.225 e. The first kappa shape index (κ1) is 16.7. The van der Waals surface area contributed by atoms with Gasteiger partial charge < -0.3 is 9.80 Å². The molecule has 1 aliphatic heterocycles. The van der Waals surface area contributed by atoms with Gasteiger partial charge in [-0.1, -0.05) is 17.7 Å². The predicted molar refractivity (Wildman–Crippen MR) is 104 cm³/mol. The maximum absolute atomic E-state index is 4.82. The summed E-state index contributed by atoms with van der Waals surface area (Å²) in [6, 6.07) is 10.3. The second-order valence-electron chi connectivity index (χ2n) is 6.94. The summed E-state index contributed by atoms with van der Waals surface area (Å²) >= 11 is 0. The fourth-order valence-electron chi connectivity index (χ4n) is 3.20. The zero-order valence-electron chi connectivity index (χ0n) is 15.6. The van der Waals surface area contributed by atoms with Gasteiger partial charge in [-0.05, 0) is 39.1 Å². The highest BCUT2D eigenvalue weighted by molar-refractivity contribution is 5.62. The third kappa shape index (κ3) is 3.32. The lowest BCUT2D eigenvalue weighted by atomic mass is 10.2. The van der Waals surface area contributed by atoms with E-state index >= 15 is 0 Å². The molecule has 3 heterocycles. The molecule has 0 saturated carbocycles. The van der Waals surface area contributed by atoms with Crippen LogP contribution in [-0.4, -0.2) is 57.9 Å². The van der Waals surface area contributed by atoms with E-state index in [0.717, 1.165) is 54.8 Å². The lowest BCUT2D eigenvalue weighted by molar-refractivity contribution is 0.311. The topological polar surface area (TPSA) is 50.1 Å². The number of aryl methyl sites for hydroxylation is 2. The summed E-state index contributed by atoms with van der Waals surface area (Å²) in [5.41, 5.74) is 5.23.